The molecule has 0 fully saturated rings. The maximum Gasteiger partial charge on any atom is 0.0500 e. The molecule has 0 aromatic rings. The second kappa shape index (κ2) is 5.10. The molecule has 0 aliphatic carbocycles. The fourth-order valence-electron chi connectivity index (χ4n) is 0.378. The molecular formula is C7H15O. The van der Waals surface area contributed by atoms with Gasteiger partial charge in [0.25, 0.3) is 0 Å². The molecule has 1 radical (unpaired) electrons. The molecule has 0 heterocycles. The minimum absolute atomic E-state index is 0.654. The van der Waals surface area contributed by atoms with Crippen molar-refractivity contribution in [3.8, 4) is 0 Å². The third kappa shape index (κ3) is 5.96. The van der Waals surface area contributed by atoms with Crippen LogP contribution < -0.4 is 0 Å². The fourth-order valence-corrected chi connectivity index (χ4v) is 0.378. The van der Waals surface area contributed by atoms with Crippen LogP contribution in [0.5, 0.6) is 0 Å². The standard InChI is InChI=1S/C7H15O/c1-4-8-6-5-7(2)3/h5,7H,4,6H2,1-3H3. The highest BCUT2D eigenvalue weighted by Gasteiger charge is 1.91. The monoisotopic (exact) mass is 115 g/mol. The van der Waals surface area contributed by atoms with E-state index in [2.05, 4.69) is 20.3 Å². The molecule has 0 saturated heterocycles. The van der Waals surface area contributed by atoms with Crippen molar-refractivity contribution in [2.75, 3.05) is 13.2 Å². The summed E-state index contributed by atoms with van der Waals surface area (Å²) >= 11 is 0. The SMILES string of the molecule is CCOC[CH]C(C)C. The molecule has 0 aromatic heterocycles. The van der Waals surface area contributed by atoms with E-state index in [9.17, 15) is 0 Å². The summed E-state index contributed by atoms with van der Waals surface area (Å²) in [5, 5.41) is 0. The van der Waals surface area contributed by atoms with Crippen LogP contribution in [-0.2, 0) is 4.74 Å². The topological polar surface area (TPSA) is 9.23 Å². The second-order valence-electron chi connectivity index (χ2n) is 2.14. The number of hydrogen-bond acceptors (Lipinski definition) is 1. The minimum Gasteiger partial charge on any atom is -0.381 e. The highest BCUT2D eigenvalue weighted by molar-refractivity contribution is 4.66. The third-order valence-electron chi connectivity index (χ3n) is 0.890. The van der Waals surface area contributed by atoms with E-state index in [1.54, 1.807) is 0 Å². The Bertz CT molecular complexity index is 41.7. The van der Waals surface area contributed by atoms with Crippen LogP contribution >= 0.6 is 0 Å². The summed E-state index contributed by atoms with van der Waals surface area (Å²) in [5.74, 6) is 0.654. The Kier molecular flexibility index (Phi) is 5.08. The van der Waals surface area contributed by atoms with Crippen molar-refractivity contribution in [3.63, 3.8) is 0 Å². The van der Waals surface area contributed by atoms with Gasteiger partial charge in [-0.15, -0.1) is 0 Å². The van der Waals surface area contributed by atoms with E-state index in [1.807, 2.05) is 6.92 Å². The molecule has 8 heavy (non-hydrogen) atoms. The summed E-state index contributed by atoms with van der Waals surface area (Å²) in [6.45, 7) is 7.93. The fraction of sp³-hybridized carbons (Fsp3) is 0.857. The first-order valence-electron chi connectivity index (χ1n) is 3.18. The molecule has 0 N–H and O–H groups in total. The van der Waals surface area contributed by atoms with Gasteiger partial charge in [-0.2, -0.15) is 0 Å². The normalized spacial score (nSPS) is 10.5. The van der Waals surface area contributed by atoms with Crippen LogP contribution in [0.2, 0.25) is 0 Å². The van der Waals surface area contributed by atoms with E-state index in [1.165, 1.54) is 0 Å². The van der Waals surface area contributed by atoms with Crippen LogP contribution in [0.3, 0.4) is 0 Å². The zero-order valence-corrected chi connectivity index (χ0v) is 5.98. The first-order chi connectivity index (χ1) is 3.77. The Hall–Kier alpha value is -0.0400. The van der Waals surface area contributed by atoms with E-state index < -0.39 is 0 Å². The Morgan fingerprint density at radius 3 is 2.50 bits per heavy atom. The molecule has 1 heteroatoms. The van der Waals surface area contributed by atoms with Crippen molar-refractivity contribution >= 4 is 0 Å². The maximum absolute atomic E-state index is 5.09. The summed E-state index contributed by atoms with van der Waals surface area (Å²) in [4.78, 5) is 0. The van der Waals surface area contributed by atoms with E-state index in [4.69, 9.17) is 4.74 Å². The van der Waals surface area contributed by atoms with Gasteiger partial charge in [0.05, 0.1) is 0 Å². The molecular weight excluding hydrogens is 100 g/mol. The highest BCUT2D eigenvalue weighted by Crippen LogP contribution is 1.96. The molecule has 0 atom stereocenters. The molecule has 1 nitrogen and oxygen atoms in total. The highest BCUT2D eigenvalue weighted by atomic mass is 16.5. The van der Waals surface area contributed by atoms with Crippen LogP contribution in [0.1, 0.15) is 20.8 Å². The van der Waals surface area contributed by atoms with Gasteiger partial charge in [-0.25, -0.2) is 0 Å². The van der Waals surface area contributed by atoms with Crippen LogP contribution in [-0.4, -0.2) is 13.2 Å². The van der Waals surface area contributed by atoms with Crippen LogP contribution in [0.25, 0.3) is 0 Å². The summed E-state index contributed by atoms with van der Waals surface area (Å²) < 4.78 is 5.09. The lowest BCUT2D eigenvalue weighted by atomic mass is 10.1. The minimum atomic E-state index is 0.654. The van der Waals surface area contributed by atoms with Crippen LogP contribution in [0.15, 0.2) is 0 Å². The van der Waals surface area contributed by atoms with Gasteiger partial charge in [-0.05, 0) is 19.3 Å². The van der Waals surface area contributed by atoms with Gasteiger partial charge in [-0.1, -0.05) is 13.8 Å². The lowest BCUT2D eigenvalue weighted by molar-refractivity contribution is 0.163. The van der Waals surface area contributed by atoms with Crippen LogP contribution in [0, 0.1) is 12.3 Å². The molecule has 49 valence electrons. The molecule has 0 aliphatic rings. The van der Waals surface area contributed by atoms with Crippen molar-refractivity contribution in [3.05, 3.63) is 6.42 Å². The van der Waals surface area contributed by atoms with Gasteiger partial charge in [0, 0.05) is 13.2 Å². The van der Waals surface area contributed by atoms with Crippen molar-refractivity contribution in [1.82, 2.24) is 0 Å². The predicted molar refractivity (Wildman–Crippen MR) is 35.6 cm³/mol. The first-order valence-corrected chi connectivity index (χ1v) is 3.18. The Morgan fingerprint density at radius 1 is 1.50 bits per heavy atom. The number of hydrogen-bond donors (Lipinski definition) is 0. The van der Waals surface area contributed by atoms with Gasteiger partial charge in [-0.3, -0.25) is 0 Å². The van der Waals surface area contributed by atoms with Crippen molar-refractivity contribution in [1.29, 1.82) is 0 Å². The molecule has 0 rings (SSSR count). The summed E-state index contributed by atoms with van der Waals surface area (Å²) in [5.41, 5.74) is 0. The number of rotatable bonds is 4. The van der Waals surface area contributed by atoms with Crippen molar-refractivity contribution in [2.45, 2.75) is 20.8 Å². The Morgan fingerprint density at radius 2 is 2.12 bits per heavy atom. The van der Waals surface area contributed by atoms with Gasteiger partial charge >= 0.3 is 0 Å². The quantitative estimate of drug-likeness (QED) is 0.508. The first kappa shape index (κ1) is 7.96. The van der Waals surface area contributed by atoms with E-state index in [-0.39, 0.29) is 0 Å². The lowest BCUT2D eigenvalue weighted by Crippen LogP contribution is -1.98. The van der Waals surface area contributed by atoms with Gasteiger partial charge in [0.15, 0.2) is 0 Å². The third-order valence-corrected chi connectivity index (χ3v) is 0.890. The Balaban J connectivity index is 2.72. The van der Waals surface area contributed by atoms with Gasteiger partial charge < -0.3 is 4.74 Å². The second-order valence-corrected chi connectivity index (χ2v) is 2.14. The molecule has 0 unspecified atom stereocenters. The largest absolute Gasteiger partial charge is 0.381 e. The van der Waals surface area contributed by atoms with Crippen molar-refractivity contribution in [2.24, 2.45) is 5.92 Å². The zero-order valence-electron chi connectivity index (χ0n) is 5.98. The maximum atomic E-state index is 5.09. The number of ether oxygens (including phenoxy) is 1. The van der Waals surface area contributed by atoms with E-state index >= 15 is 0 Å². The average Bonchev–Trinajstić information content (AvgIpc) is 1.66. The van der Waals surface area contributed by atoms with E-state index in [0.29, 0.717) is 5.92 Å². The molecule has 0 spiro atoms. The molecule has 0 aromatic carbocycles. The molecule has 0 aliphatic heterocycles. The smallest absolute Gasteiger partial charge is 0.0500 e. The van der Waals surface area contributed by atoms with E-state index in [0.717, 1.165) is 13.2 Å². The molecule has 0 saturated carbocycles. The molecule has 0 amide bonds. The summed E-state index contributed by atoms with van der Waals surface area (Å²) in [6, 6.07) is 0. The molecule has 0 bridgehead atoms. The van der Waals surface area contributed by atoms with Crippen LogP contribution in [0.4, 0.5) is 0 Å². The van der Waals surface area contributed by atoms with Crippen molar-refractivity contribution < 1.29 is 4.74 Å². The summed E-state index contributed by atoms with van der Waals surface area (Å²) in [6.07, 6.45) is 2.16. The lowest BCUT2D eigenvalue weighted by Gasteiger charge is -2.01. The summed E-state index contributed by atoms with van der Waals surface area (Å²) in [7, 11) is 0. The zero-order chi connectivity index (χ0) is 6.41. The predicted octanol–water partition coefficient (Wildman–Crippen LogP) is 1.88. The average molecular weight is 115 g/mol. The van der Waals surface area contributed by atoms with Gasteiger partial charge in [0.1, 0.15) is 0 Å². The Labute approximate surface area is 52.0 Å². The van der Waals surface area contributed by atoms with Gasteiger partial charge in [0.2, 0.25) is 0 Å².